The summed E-state index contributed by atoms with van der Waals surface area (Å²) in [5, 5.41) is 9.01. The van der Waals surface area contributed by atoms with Crippen molar-refractivity contribution < 1.29 is 9.32 Å². The highest BCUT2D eigenvalue weighted by Gasteiger charge is 2.04. The van der Waals surface area contributed by atoms with Crippen LogP contribution in [-0.4, -0.2) is 21.2 Å². The maximum absolute atomic E-state index is 11.5. The molecular weight excluding hydrogens is 184 g/mol. The van der Waals surface area contributed by atoms with Crippen LogP contribution in [0.15, 0.2) is 35.2 Å². The smallest absolute Gasteiger partial charge is 0.0530 e. The molecule has 1 rings (SSSR count). The van der Waals surface area contributed by atoms with Gasteiger partial charge in [-0.3, -0.25) is 4.21 Å². The highest BCUT2D eigenvalue weighted by atomic mass is 32.2. The number of benzene rings is 1. The van der Waals surface area contributed by atoms with Crippen LogP contribution < -0.4 is 0 Å². The normalized spacial score (nSPS) is 15.2. The van der Waals surface area contributed by atoms with Gasteiger partial charge in [0.25, 0.3) is 0 Å². The molecule has 0 fully saturated rings. The van der Waals surface area contributed by atoms with E-state index in [-0.39, 0.29) is 6.10 Å². The molecule has 0 heterocycles. The van der Waals surface area contributed by atoms with Crippen LogP contribution in [-0.2, 0) is 10.8 Å². The quantitative estimate of drug-likeness (QED) is 0.797. The molecule has 0 aliphatic carbocycles. The molecule has 0 radical (unpaired) electrons. The number of aliphatic hydroxyl groups is 1. The predicted octanol–water partition coefficient (Wildman–Crippen LogP) is 1.57. The first-order valence-electron chi connectivity index (χ1n) is 4.31. The minimum Gasteiger partial charge on any atom is -0.393 e. The zero-order valence-electron chi connectivity index (χ0n) is 7.64. The van der Waals surface area contributed by atoms with Crippen LogP contribution in [0.3, 0.4) is 0 Å². The summed E-state index contributed by atoms with van der Waals surface area (Å²) < 4.78 is 11.5. The van der Waals surface area contributed by atoms with Crippen molar-refractivity contribution in [1.29, 1.82) is 0 Å². The van der Waals surface area contributed by atoms with Gasteiger partial charge >= 0.3 is 0 Å². The third-order valence-corrected chi connectivity index (χ3v) is 3.13. The average molecular weight is 198 g/mol. The van der Waals surface area contributed by atoms with Gasteiger partial charge in [0.1, 0.15) is 0 Å². The molecule has 0 bridgehead atoms. The van der Waals surface area contributed by atoms with Crippen molar-refractivity contribution in [2.24, 2.45) is 0 Å². The first kappa shape index (κ1) is 10.4. The van der Waals surface area contributed by atoms with Crippen LogP contribution in [0.4, 0.5) is 0 Å². The van der Waals surface area contributed by atoms with Crippen LogP contribution in [0.1, 0.15) is 13.3 Å². The summed E-state index contributed by atoms with van der Waals surface area (Å²) in [7, 11) is -0.964. The van der Waals surface area contributed by atoms with Gasteiger partial charge in [0, 0.05) is 10.6 Å². The van der Waals surface area contributed by atoms with E-state index < -0.39 is 10.8 Å². The fourth-order valence-corrected chi connectivity index (χ4v) is 2.22. The Bertz CT molecular complexity index is 270. The molecule has 2 nitrogen and oxygen atoms in total. The Balaban J connectivity index is 2.50. The van der Waals surface area contributed by atoms with E-state index in [2.05, 4.69) is 0 Å². The molecule has 0 spiro atoms. The number of hydrogen-bond donors (Lipinski definition) is 1. The van der Waals surface area contributed by atoms with E-state index in [1.807, 2.05) is 30.3 Å². The van der Waals surface area contributed by atoms with E-state index in [0.29, 0.717) is 12.2 Å². The topological polar surface area (TPSA) is 37.3 Å². The number of aliphatic hydroxyl groups excluding tert-OH is 1. The van der Waals surface area contributed by atoms with Gasteiger partial charge < -0.3 is 5.11 Å². The van der Waals surface area contributed by atoms with Crippen molar-refractivity contribution in [2.75, 3.05) is 5.75 Å². The lowest BCUT2D eigenvalue weighted by molar-refractivity contribution is 0.192. The van der Waals surface area contributed by atoms with Crippen LogP contribution in [0.5, 0.6) is 0 Å². The van der Waals surface area contributed by atoms with Gasteiger partial charge in [-0.2, -0.15) is 0 Å². The minimum atomic E-state index is -0.964. The summed E-state index contributed by atoms with van der Waals surface area (Å²) in [4.78, 5) is 0.836. The summed E-state index contributed by atoms with van der Waals surface area (Å²) in [6.07, 6.45) is 0.217. The zero-order valence-corrected chi connectivity index (χ0v) is 8.46. The minimum absolute atomic E-state index is 0.368. The Labute approximate surface area is 81.1 Å². The molecule has 1 unspecified atom stereocenters. The van der Waals surface area contributed by atoms with E-state index in [1.165, 1.54) is 0 Å². The first-order valence-corrected chi connectivity index (χ1v) is 5.63. The van der Waals surface area contributed by atoms with E-state index in [9.17, 15) is 4.21 Å². The molecule has 0 aliphatic rings. The maximum Gasteiger partial charge on any atom is 0.0530 e. The Hall–Kier alpha value is -0.670. The lowest BCUT2D eigenvalue weighted by atomic mass is 10.3. The molecule has 0 aromatic heterocycles. The third-order valence-electron chi connectivity index (χ3n) is 1.73. The lowest BCUT2D eigenvalue weighted by Gasteiger charge is -2.03. The van der Waals surface area contributed by atoms with Crippen molar-refractivity contribution >= 4 is 10.8 Å². The summed E-state index contributed by atoms with van der Waals surface area (Å²) in [6, 6.07) is 9.33. The number of rotatable bonds is 4. The van der Waals surface area contributed by atoms with Crippen LogP contribution in [0, 0.1) is 0 Å². The monoisotopic (exact) mass is 198 g/mol. The van der Waals surface area contributed by atoms with Gasteiger partial charge in [-0.15, -0.1) is 0 Å². The molecule has 1 aromatic rings. The molecule has 0 aliphatic heterocycles. The molecule has 2 atom stereocenters. The standard InChI is InChI=1S/C10H14O2S/c1-9(11)7-8-13(12)10-5-3-2-4-6-10/h2-6,9,11H,7-8H2,1H3/t9-,13?/m0/s1. The molecule has 13 heavy (non-hydrogen) atoms. The molecular formula is C10H14O2S. The summed E-state index contributed by atoms with van der Waals surface area (Å²) >= 11 is 0. The maximum atomic E-state index is 11.5. The third kappa shape index (κ3) is 3.70. The average Bonchev–Trinajstić information content (AvgIpc) is 2.15. The fourth-order valence-electron chi connectivity index (χ4n) is 0.968. The summed E-state index contributed by atoms with van der Waals surface area (Å²) in [5.41, 5.74) is 0. The first-order chi connectivity index (χ1) is 6.20. The summed E-state index contributed by atoms with van der Waals surface area (Å²) in [6.45, 7) is 1.71. The molecule has 72 valence electrons. The van der Waals surface area contributed by atoms with Gasteiger partial charge in [-0.05, 0) is 25.5 Å². The molecule has 1 N–H and O–H groups in total. The molecule has 1 aromatic carbocycles. The van der Waals surface area contributed by atoms with Gasteiger partial charge in [0.2, 0.25) is 0 Å². The van der Waals surface area contributed by atoms with Gasteiger partial charge in [0.05, 0.1) is 16.9 Å². The fraction of sp³-hybridized carbons (Fsp3) is 0.400. The van der Waals surface area contributed by atoms with Crippen molar-refractivity contribution in [1.82, 2.24) is 0 Å². The highest BCUT2D eigenvalue weighted by Crippen LogP contribution is 2.07. The Kier molecular flexibility index (Phi) is 4.12. The Morgan fingerprint density at radius 2 is 2.00 bits per heavy atom. The highest BCUT2D eigenvalue weighted by molar-refractivity contribution is 7.85. The zero-order chi connectivity index (χ0) is 9.68. The van der Waals surface area contributed by atoms with Crippen molar-refractivity contribution in [2.45, 2.75) is 24.3 Å². The van der Waals surface area contributed by atoms with Crippen LogP contribution in [0.25, 0.3) is 0 Å². The largest absolute Gasteiger partial charge is 0.393 e. The van der Waals surface area contributed by atoms with E-state index in [4.69, 9.17) is 5.11 Å². The molecule has 0 saturated carbocycles. The van der Waals surface area contributed by atoms with Crippen molar-refractivity contribution in [3.63, 3.8) is 0 Å². The molecule has 0 saturated heterocycles. The second-order valence-electron chi connectivity index (χ2n) is 3.00. The van der Waals surface area contributed by atoms with Gasteiger partial charge in [0.15, 0.2) is 0 Å². The SMILES string of the molecule is C[C@H](O)CCS(=O)c1ccccc1. The molecule has 3 heteroatoms. The molecule has 0 amide bonds. The van der Waals surface area contributed by atoms with Gasteiger partial charge in [-0.1, -0.05) is 18.2 Å². The van der Waals surface area contributed by atoms with Crippen molar-refractivity contribution in [3.8, 4) is 0 Å². The van der Waals surface area contributed by atoms with E-state index in [1.54, 1.807) is 6.92 Å². The van der Waals surface area contributed by atoms with Crippen LogP contribution >= 0.6 is 0 Å². The Morgan fingerprint density at radius 3 is 2.54 bits per heavy atom. The second-order valence-corrected chi connectivity index (χ2v) is 4.57. The van der Waals surface area contributed by atoms with Crippen LogP contribution in [0.2, 0.25) is 0 Å². The van der Waals surface area contributed by atoms with E-state index >= 15 is 0 Å². The Morgan fingerprint density at radius 1 is 1.38 bits per heavy atom. The van der Waals surface area contributed by atoms with E-state index in [0.717, 1.165) is 4.90 Å². The van der Waals surface area contributed by atoms with Gasteiger partial charge in [-0.25, -0.2) is 0 Å². The predicted molar refractivity (Wildman–Crippen MR) is 54.0 cm³/mol. The number of hydrogen-bond acceptors (Lipinski definition) is 2. The second kappa shape index (κ2) is 5.14. The summed E-state index contributed by atoms with van der Waals surface area (Å²) in [5.74, 6) is 0.529. The lowest BCUT2D eigenvalue weighted by Crippen LogP contribution is -2.07. The van der Waals surface area contributed by atoms with Crippen molar-refractivity contribution in [3.05, 3.63) is 30.3 Å².